The first-order valence-electron chi connectivity index (χ1n) is 4.86. The van der Waals surface area contributed by atoms with Crippen molar-refractivity contribution in [1.82, 2.24) is 0 Å². The highest BCUT2D eigenvalue weighted by Gasteiger charge is 2.13. The summed E-state index contributed by atoms with van der Waals surface area (Å²) in [5.41, 5.74) is 0.247. The molecule has 0 saturated heterocycles. The minimum absolute atomic E-state index is 0.707. The zero-order valence-electron chi connectivity index (χ0n) is 9.05. The smallest absolute Gasteiger partial charge is 0.0840 e. The summed E-state index contributed by atoms with van der Waals surface area (Å²) in [6, 6.07) is 13.7. The van der Waals surface area contributed by atoms with Crippen LogP contribution in [-0.4, -0.2) is 5.11 Å². The first-order chi connectivity index (χ1) is 7.11. The third kappa shape index (κ3) is 4.77. The van der Waals surface area contributed by atoms with Gasteiger partial charge >= 0.3 is 0 Å². The Balaban J connectivity index is 0.000000187. The molecule has 1 N–H and O–H groups in total. The van der Waals surface area contributed by atoms with Crippen molar-refractivity contribution in [2.45, 2.75) is 19.4 Å². The molecule has 0 aliphatic carbocycles. The molecule has 1 aromatic carbocycles. The lowest BCUT2D eigenvalue weighted by molar-refractivity contribution is 0.0786. The second-order valence-corrected chi connectivity index (χ2v) is 4.53. The number of thiophene rings is 1. The number of aliphatic hydroxyl groups is 1. The molecular formula is C13H16OS. The lowest BCUT2D eigenvalue weighted by Gasteiger charge is -2.16. The molecule has 0 unspecified atom stereocenters. The highest BCUT2D eigenvalue weighted by molar-refractivity contribution is 7.07. The molecule has 2 heteroatoms. The van der Waals surface area contributed by atoms with E-state index in [4.69, 9.17) is 0 Å². The Labute approximate surface area is 95.0 Å². The maximum atomic E-state index is 9.49. The van der Waals surface area contributed by atoms with Gasteiger partial charge in [0.1, 0.15) is 0 Å². The minimum Gasteiger partial charge on any atom is -0.386 e. The van der Waals surface area contributed by atoms with E-state index in [1.54, 1.807) is 25.2 Å². The van der Waals surface area contributed by atoms with E-state index in [2.05, 4.69) is 0 Å². The average molecular weight is 220 g/mol. The monoisotopic (exact) mass is 220 g/mol. The highest BCUT2D eigenvalue weighted by atomic mass is 32.1. The molecule has 0 aliphatic rings. The third-order valence-electron chi connectivity index (χ3n) is 1.91. The van der Waals surface area contributed by atoms with Crippen molar-refractivity contribution < 1.29 is 5.11 Å². The topological polar surface area (TPSA) is 20.2 Å². The average Bonchev–Trinajstić information content (AvgIpc) is 2.76. The van der Waals surface area contributed by atoms with E-state index in [-0.39, 0.29) is 0 Å². The van der Waals surface area contributed by atoms with Crippen LogP contribution in [0.4, 0.5) is 0 Å². The van der Waals surface area contributed by atoms with Crippen LogP contribution in [-0.2, 0) is 5.60 Å². The van der Waals surface area contributed by atoms with E-state index in [1.807, 2.05) is 53.2 Å². The van der Waals surface area contributed by atoms with Crippen LogP contribution < -0.4 is 0 Å². The lowest BCUT2D eigenvalue weighted by atomic mass is 9.99. The predicted molar refractivity (Wildman–Crippen MR) is 66.0 cm³/mol. The molecule has 0 bridgehead atoms. The molecule has 0 fully saturated rings. The summed E-state index contributed by atoms with van der Waals surface area (Å²) in [5, 5.41) is 13.6. The molecule has 15 heavy (non-hydrogen) atoms. The first kappa shape index (κ1) is 12.0. The van der Waals surface area contributed by atoms with Crippen LogP contribution in [0.2, 0.25) is 0 Å². The van der Waals surface area contributed by atoms with Gasteiger partial charge < -0.3 is 5.11 Å². The third-order valence-corrected chi connectivity index (χ3v) is 2.53. The Bertz CT molecular complexity index is 329. The quantitative estimate of drug-likeness (QED) is 0.777. The van der Waals surface area contributed by atoms with Crippen LogP contribution in [0.1, 0.15) is 19.4 Å². The zero-order valence-corrected chi connectivity index (χ0v) is 9.87. The van der Waals surface area contributed by atoms with E-state index >= 15 is 0 Å². The fourth-order valence-electron chi connectivity index (χ4n) is 1.07. The molecule has 2 aromatic rings. The predicted octanol–water partition coefficient (Wildman–Crippen LogP) is 3.66. The Morgan fingerprint density at radius 3 is 1.73 bits per heavy atom. The summed E-state index contributed by atoms with van der Waals surface area (Å²) >= 11 is 1.71. The summed E-state index contributed by atoms with van der Waals surface area (Å²) in [6.07, 6.45) is 0. The van der Waals surface area contributed by atoms with Gasteiger partial charge in [-0.15, -0.1) is 0 Å². The Morgan fingerprint density at radius 1 is 0.933 bits per heavy atom. The van der Waals surface area contributed by atoms with Gasteiger partial charge in [-0.05, 0) is 30.2 Å². The first-order valence-corrected chi connectivity index (χ1v) is 5.80. The number of hydrogen-bond donors (Lipinski definition) is 1. The fraction of sp³-hybridized carbons (Fsp3) is 0.231. The molecule has 0 radical (unpaired) electrons. The van der Waals surface area contributed by atoms with Crippen molar-refractivity contribution in [2.75, 3.05) is 0 Å². The summed E-state index contributed by atoms with van der Waals surface area (Å²) in [7, 11) is 0. The second kappa shape index (κ2) is 5.69. The maximum Gasteiger partial charge on any atom is 0.0840 e. The largest absolute Gasteiger partial charge is 0.386 e. The van der Waals surface area contributed by atoms with E-state index < -0.39 is 5.60 Å². The summed E-state index contributed by atoms with van der Waals surface area (Å²) in [6.45, 7) is 3.56. The van der Waals surface area contributed by atoms with E-state index in [1.165, 1.54) is 0 Å². The molecule has 80 valence electrons. The van der Waals surface area contributed by atoms with Crippen molar-refractivity contribution in [1.29, 1.82) is 0 Å². The Hall–Kier alpha value is -1.12. The van der Waals surface area contributed by atoms with Gasteiger partial charge in [0.05, 0.1) is 5.60 Å². The van der Waals surface area contributed by atoms with E-state index in [0.29, 0.717) is 0 Å². The van der Waals surface area contributed by atoms with Gasteiger partial charge in [0, 0.05) is 0 Å². The van der Waals surface area contributed by atoms with Crippen LogP contribution in [0.15, 0.2) is 53.2 Å². The standard InChI is InChI=1S/C9H12O.C4H4S/c1-9(2,10)8-6-4-3-5-7-8;1-2-4-5-3-1/h3-7,10H,1-2H3;1-4H. The molecule has 1 heterocycles. The number of rotatable bonds is 1. The lowest BCUT2D eigenvalue weighted by Crippen LogP contribution is -2.14. The van der Waals surface area contributed by atoms with Crippen LogP contribution in [0.5, 0.6) is 0 Å². The Kier molecular flexibility index (Phi) is 4.53. The number of benzene rings is 1. The molecule has 0 amide bonds. The van der Waals surface area contributed by atoms with E-state index in [0.717, 1.165) is 5.56 Å². The van der Waals surface area contributed by atoms with Crippen molar-refractivity contribution >= 4 is 11.3 Å². The van der Waals surface area contributed by atoms with Crippen molar-refractivity contribution in [3.63, 3.8) is 0 Å². The second-order valence-electron chi connectivity index (χ2n) is 3.72. The van der Waals surface area contributed by atoms with Gasteiger partial charge in [-0.2, -0.15) is 11.3 Å². The minimum atomic E-state index is -0.707. The van der Waals surface area contributed by atoms with Gasteiger partial charge in [-0.3, -0.25) is 0 Å². The van der Waals surface area contributed by atoms with Gasteiger partial charge in [-0.1, -0.05) is 42.5 Å². The molecule has 0 saturated carbocycles. The van der Waals surface area contributed by atoms with Gasteiger partial charge in [-0.25, -0.2) is 0 Å². The molecule has 2 rings (SSSR count). The summed E-state index contributed by atoms with van der Waals surface area (Å²) in [4.78, 5) is 0. The summed E-state index contributed by atoms with van der Waals surface area (Å²) < 4.78 is 0. The van der Waals surface area contributed by atoms with Gasteiger partial charge in [0.15, 0.2) is 0 Å². The van der Waals surface area contributed by atoms with Crippen molar-refractivity contribution in [3.8, 4) is 0 Å². The van der Waals surface area contributed by atoms with E-state index in [9.17, 15) is 5.11 Å². The van der Waals surface area contributed by atoms with Crippen LogP contribution in [0.3, 0.4) is 0 Å². The number of hydrogen-bond acceptors (Lipinski definition) is 2. The summed E-state index contributed by atoms with van der Waals surface area (Å²) in [5.74, 6) is 0. The molecular weight excluding hydrogens is 204 g/mol. The normalized spacial score (nSPS) is 10.3. The van der Waals surface area contributed by atoms with Crippen LogP contribution in [0, 0.1) is 0 Å². The van der Waals surface area contributed by atoms with Gasteiger partial charge in [0.2, 0.25) is 0 Å². The van der Waals surface area contributed by atoms with Crippen molar-refractivity contribution in [2.24, 2.45) is 0 Å². The zero-order chi connectivity index (χ0) is 11.1. The Morgan fingerprint density at radius 2 is 1.47 bits per heavy atom. The van der Waals surface area contributed by atoms with Crippen molar-refractivity contribution in [3.05, 3.63) is 58.8 Å². The highest BCUT2D eigenvalue weighted by Crippen LogP contribution is 2.17. The molecule has 1 nitrogen and oxygen atoms in total. The van der Waals surface area contributed by atoms with Crippen LogP contribution in [0.25, 0.3) is 0 Å². The molecule has 1 aromatic heterocycles. The van der Waals surface area contributed by atoms with Gasteiger partial charge in [0.25, 0.3) is 0 Å². The van der Waals surface area contributed by atoms with Crippen LogP contribution >= 0.6 is 11.3 Å². The SMILES string of the molecule is CC(C)(O)c1ccccc1.c1ccsc1. The molecule has 0 aliphatic heterocycles. The molecule has 0 atom stereocenters. The fourth-order valence-corrected chi connectivity index (χ4v) is 1.53. The maximum absolute atomic E-state index is 9.49. The molecule has 0 spiro atoms.